The van der Waals surface area contributed by atoms with Crippen LogP contribution in [0.2, 0.25) is 5.02 Å². The molecular weight excluding hydrogens is 274 g/mol. The van der Waals surface area contributed by atoms with Crippen LogP contribution in [0.4, 0.5) is 5.69 Å². The van der Waals surface area contributed by atoms with Crippen molar-refractivity contribution in [3.8, 4) is 0 Å². The van der Waals surface area contributed by atoms with E-state index in [4.69, 9.17) is 11.6 Å². The summed E-state index contributed by atoms with van der Waals surface area (Å²) in [6.45, 7) is 4.10. The van der Waals surface area contributed by atoms with E-state index in [0.29, 0.717) is 36.9 Å². The van der Waals surface area contributed by atoms with E-state index in [0.717, 1.165) is 5.56 Å². The van der Waals surface area contributed by atoms with E-state index in [9.17, 15) is 8.42 Å². The number of piperazine rings is 1. The van der Waals surface area contributed by atoms with Gasteiger partial charge in [-0.25, -0.2) is 0 Å². The van der Waals surface area contributed by atoms with Crippen LogP contribution in [0.3, 0.4) is 0 Å². The van der Waals surface area contributed by atoms with Gasteiger partial charge in [-0.1, -0.05) is 17.7 Å². The molecule has 1 aliphatic rings. The summed E-state index contributed by atoms with van der Waals surface area (Å²) >= 11 is 5.97. The summed E-state index contributed by atoms with van der Waals surface area (Å²) in [6, 6.07) is 5.17. The predicted octanol–water partition coefficient (Wildman–Crippen LogP) is 1.21. The molecule has 0 spiro atoms. The molecule has 0 amide bonds. The van der Waals surface area contributed by atoms with Crippen molar-refractivity contribution in [2.75, 3.05) is 30.9 Å². The highest BCUT2D eigenvalue weighted by Crippen LogP contribution is 2.24. The van der Waals surface area contributed by atoms with Crippen molar-refractivity contribution in [1.29, 1.82) is 0 Å². The second kappa shape index (κ2) is 5.44. The molecular formula is C11H16ClN3O2S. The van der Waals surface area contributed by atoms with Crippen LogP contribution in [-0.2, 0) is 10.2 Å². The highest BCUT2D eigenvalue weighted by atomic mass is 35.5. The fraction of sp³-hybridized carbons (Fsp3) is 0.455. The monoisotopic (exact) mass is 289 g/mol. The summed E-state index contributed by atoms with van der Waals surface area (Å²) in [7, 11) is -3.49. The number of anilines is 1. The van der Waals surface area contributed by atoms with Crippen LogP contribution in [0.5, 0.6) is 0 Å². The molecule has 1 aromatic rings. The quantitative estimate of drug-likeness (QED) is 0.879. The van der Waals surface area contributed by atoms with Gasteiger partial charge >= 0.3 is 10.2 Å². The van der Waals surface area contributed by atoms with E-state index >= 15 is 0 Å². The predicted molar refractivity (Wildman–Crippen MR) is 73.2 cm³/mol. The molecule has 0 unspecified atom stereocenters. The number of nitrogens with zero attached hydrogens (tertiary/aromatic N) is 1. The minimum atomic E-state index is -3.49. The van der Waals surface area contributed by atoms with Gasteiger partial charge in [-0.15, -0.1) is 0 Å². The third-order valence-corrected chi connectivity index (χ3v) is 4.85. The second-order valence-electron chi connectivity index (χ2n) is 4.17. The molecule has 5 nitrogen and oxygen atoms in total. The van der Waals surface area contributed by atoms with Gasteiger partial charge in [0.2, 0.25) is 0 Å². The van der Waals surface area contributed by atoms with Gasteiger partial charge in [-0.2, -0.15) is 12.7 Å². The highest BCUT2D eigenvalue weighted by molar-refractivity contribution is 7.90. The molecule has 100 valence electrons. The topological polar surface area (TPSA) is 61.4 Å². The van der Waals surface area contributed by atoms with Gasteiger partial charge in [-0.3, -0.25) is 4.72 Å². The maximum Gasteiger partial charge on any atom is 0.301 e. The summed E-state index contributed by atoms with van der Waals surface area (Å²) in [5, 5.41) is 3.67. The molecule has 1 aromatic carbocycles. The van der Waals surface area contributed by atoms with E-state index in [-0.39, 0.29) is 0 Å². The van der Waals surface area contributed by atoms with Crippen LogP contribution in [0.15, 0.2) is 18.2 Å². The lowest BCUT2D eigenvalue weighted by Gasteiger charge is -2.27. The van der Waals surface area contributed by atoms with E-state index in [1.165, 1.54) is 4.31 Å². The molecule has 1 fully saturated rings. The number of nitrogens with one attached hydrogen (secondary N) is 2. The Morgan fingerprint density at radius 3 is 2.67 bits per heavy atom. The largest absolute Gasteiger partial charge is 0.314 e. The van der Waals surface area contributed by atoms with Crippen LogP contribution in [0.1, 0.15) is 5.56 Å². The van der Waals surface area contributed by atoms with Crippen molar-refractivity contribution in [2.45, 2.75) is 6.92 Å². The first-order valence-electron chi connectivity index (χ1n) is 5.74. The summed E-state index contributed by atoms with van der Waals surface area (Å²) in [5.74, 6) is 0. The van der Waals surface area contributed by atoms with E-state index < -0.39 is 10.2 Å². The summed E-state index contributed by atoms with van der Waals surface area (Å²) in [4.78, 5) is 0. The van der Waals surface area contributed by atoms with Gasteiger partial charge in [0.05, 0.1) is 5.69 Å². The number of hydrogen-bond donors (Lipinski definition) is 2. The molecule has 0 bridgehead atoms. The molecule has 0 saturated carbocycles. The average molecular weight is 290 g/mol. The minimum absolute atomic E-state index is 0.481. The first kappa shape index (κ1) is 13.6. The number of rotatable bonds is 3. The van der Waals surface area contributed by atoms with Gasteiger partial charge < -0.3 is 5.32 Å². The van der Waals surface area contributed by atoms with Gasteiger partial charge in [-0.05, 0) is 24.6 Å². The molecule has 1 heterocycles. The van der Waals surface area contributed by atoms with E-state index in [1.54, 1.807) is 25.1 Å². The van der Waals surface area contributed by atoms with Gasteiger partial charge in [0.25, 0.3) is 0 Å². The molecule has 7 heteroatoms. The van der Waals surface area contributed by atoms with Crippen LogP contribution in [0, 0.1) is 6.92 Å². The van der Waals surface area contributed by atoms with Crippen molar-refractivity contribution in [3.63, 3.8) is 0 Å². The average Bonchev–Trinajstić information content (AvgIpc) is 2.36. The van der Waals surface area contributed by atoms with Crippen molar-refractivity contribution < 1.29 is 8.42 Å². The van der Waals surface area contributed by atoms with Crippen molar-refractivity contribution in [2.24, 2.45) is 0 Å². The first-order valence-corrected chi connectivity index (χ1v) is 7.56. The summed E-state index contributed by atoms with van der Waals surface area (Å²) in [6.07, 6.45) is 0. The Kier molecular flexibility index (Phi) is 4.11. The Bertz CT molecular complexity index is 527. The molecule has 2 N–H and O–H groups in total. The maximum absolute atomic E-state index is 12.2. The SMILES string of the molecule is Cc1c(Cl)cccc1NS(=O)(=O)N1CCNCC1. The number of benzene rings is 1. The number of hydrogen-bond acceptors (Lipinski definition) is 3. The van der Waals surface area contributed by atoms with Crippen LogP contribution in [0.25, 0.3) is 0 Å². The zero-order chi connectivity index (χ0) is 13.2. The van der Waals surface area contributed by atoms with Crippen molar-refractivity contribution >= 4 is 27.5 Å². The van der Waals surface area contributed by atoms with Crippen molar-refractivity contribution in [1.82, 2.24) is 9.62 Å². The van der Waals surface area contributed by atoms with Gasteiger partial charge in [0.15, 0.2) is 0 Å². The maximum atomic E-state index is 12.2. The zero-order valence-electron chi connectivity index (χ0n) is 10.1. The third kappa shape index (κ3) is 2.95. The lowest BCUT2D eigenvalue weighted by Crippen LogP contribution is -2.48. The summed E-state index contributed by atoms with van der Waals surface area (Å²) in [5.41, 5.74) is 1.26. The van der Waals surface area contributed by atoms with E-state index in [1.807, 2.05) is 0 Å². The fourth-order valence-electron chi connectivity index (χ4n) is 1.81. The molecule has 0 radical (unpaired) electrons. The third-order valence-electron chi connectivity index (χ3n) is 2.92. The highest BCUT2D eigenvalue weighted by Gasteiger charge is 2.24. The number of halogens is 1. The van der Waals surface area contributed by atoms with Crippen LogP contribution in [-0.4, -0.2) is 38.9 Å². The minimum Gasteiger partial charge on any atom is -0.314 e. The molecule has 2 rings (SSSR count). The summed E-state index contributed by atoms with van der Waals surface area (Å²) < 4.78 is 28.3. The fourth-order valence-corrected chi connectivity index (χ4v) is 3.27. The Hall–Kier alpha value is -0.820. The molecule has 1 saturated heterocycles. The molecule has 0 aliphatic carbocycles. The molecule has 0 atom stereocenters. The lowest BCUT2D eigenvalue weighted by atomic mass is 10.2. The normalized spacial score (nSPS) is 17.7. The van der Waals surface area contributed by atoms with Crippen LogP contribution >= 0.6 is 11.6 Å². The Labute approximate surface area is 112 Å². The Morgan fingerprint density at radius 1 is 1.33 bits per heavy atom. The Morgan fingerprint density at radius 2 is 2.00 bits per heavy atom. The zero-order valence-corrected chi connectivity index (χ0v) is 11.7. The molecule has 1 aliphatic heterocycles. The molecule has 0 aromatic heterocycles. The van der Waals surface area contributed by atoms with Crippen molar-refractivity contribution in [3.05, 3.63) is 28.8 Å². The smallest absolute Gasteiger partial charge is 0.301 e. The first-order chi connectivity index (χ1) is 8.50. The lowest BCUT2D eigenvalue weighted by molar-refractivity contribution is 0.362. The second-order valence-corrected chi connectivity index (χ2v) is 6.25. The van der Waals surface area contributed by atoms with Gasteiger partial charge in [0, 0.05) is 31.2 Å². The standard InChI is InChI=1S/C11H16ClN3O2S/c1-9-10(12)3-2-4-11(9)14-18(16,17)15-7-5-13-6-8-15/h2-4,13-14H,5-8H2,1H3. The Balaban J connectivity index is 2.19. The van der Waals surface area contributed by atoms with E-state index in [2.05, 4.69) is 10.0 Å². The molecule has 18 heavy (non-hydrogen) atoms. The van der Waals surface area contributed by atoms with Gasteiger partial charge in [0.1, 0.15) is 0 Å². The van der Waals surface area contributed by atoms with Crippen LogP contribution < -0.4 is 10.0 Å².